The number of aromatic nitrogens is 1. The van der Waals surface area contributed by atoms with Gasteiger partial charge in [0.05, 0.1) is 10.7 Å². The third-order valence-electron chi connectivity index (χ3n) is 2.92. The van der Waals surface area contributed by atoms with Crippen LogP contribution in [0.25, 0.3) is 0 Å². The number of thiazole rings is 1. The average molecular weight is 225 g/mol. The molecule has 1 atom stereocenters. The topological polar surface area (TPSA) is 50.9 Å². The molecule has 0 amide bonds. The van der Waals surface area contributed by atoms with E-state index in [2.05, 4.69) is 12.2 Å². The van der Waals surface area contributed by atoms with Gasteiger partial charge in [-0.3, -0.25) is 0 Å². The highest BCUT2D eigenvalue weighted by atomic mass is 32.1. The molecule has 1 aliphatic heterocycles. The number of nitrogens with zero attached hydrogens (tertiary/aromatic N) is 1. The quantitative estimate of drug-likeness (QED) is 0.815. The zero-order valence-corrected chi connectivity index (χ0v) is 10.1. The molecular formula is C11H19N3S. The second kappa shape index (κ2) is 5.05. The molecule has 0 spiro atoms. The second-order valence-corrected chi connectivity index (χ2v) is 5.42. The molecule has 15 heavy (non-hydrogen) atoms. The Balaban J connectivity index is 2.06. The molecule has 1 aliphatic rings. The van der Waals surface area contributed by atoms with Crippen LogP contribution >= 0.6 is 11.3 Å². The molecule has 2 rings (SSSR count). The maximum Gasteiger partial charge on any atom is 0.0931 e. The van der Waals surface area contributed by atoms with Crippen LogP contribution in [0.2, 0.25) is 0 Å². The van der Waals surface area contributed by atoms with E-state index in [-0.39, 0.29) is 0 Å². The van der Waals surface area contributed by atoms with Crippen LogP contribution < -0.4 is 11.1 Å². The van der Waals surface area contributed by atoms with Crippen LogP contribution in [0.1, 0.15) is 34.3 Å². The van der Waals surface area contributed by atoms with Crippen molar-refractivity contribution in [3.63, 3.8) is 0 Å². The summed E-state index contributed by atoms with van der Waals surface area (Å²) in [5.41, 5.74) is 6.84. The van der Waals surface area contributed by atoms with E-state index in [1.807, 2.05) is 11.3 Å². The van der Waals surface area contributed by atoms with Crippen LogP contribution in [0.15, 0.2) is 0 Å². The smallest absolute Gasteiger partial charge is 0.0931 e. The van der Waals surface area contributed by atoms with Crippen molar-refractivity contribution in [1.82, 2.24) is 10.3 Å². The first-order valence-electron chi connectivity index (χ1n) is 5.68. The Hall–Kier alpha value is -0.450. The maximum absolute atomic E-state index is 5.51. The Bertz CT molecular complexity index is 316. The van der Waals surface area contributed by atoms with Crippen molar-refractivity contribution in [2.75, 3.05) is 19.6 Å². The van der Waals surface area contributed by atoms with Gasteiger partial charge in [0.25, 0.3) is 0 Å². The third-order valence-corrected chi connectivity index (χ3v) is 3.96. The third kappa shape index (κ3) is 2.56. The zero-order valence-electron chi connectivity index (χ0n) is 9.25. The first-order valence-corrected chi connectivity index (χ1v) is 6.50. The molecule has 3 nitrogen and oxygen atoms in total. The van der Waals surface area contributed by atoms with E-state index < -0.39 is 0 Å². The van der Waals surface area contributed by atoms with E-state index >= 15 is 0 Å². The van der Waals surface area contributed by atoms with Gasteiger partial charge in [0.15, 0.2) is 0 Å². The van der Waals surface area contributed by atoms with E-state index in [9.17, 15) is 0 Å². The van der Waals surface area contributed by atoms with Gasteiger partial charge in [0, 0.05) is 23.8 Å². The Morgan fingerprint density at radius 3 is 3.13 bits per heavy atom. The predicted molar refractivity (Wildman–Crippen MR) is 64.5 cm³/mol. The molecule has 1 fully saturated rings. The summed E-state index contributed by atoms with van der Waals surface area (Å²) in [5.74, 6) is 0.646. The standard InChI is InChI=1S/C11H19N3S/c1-8-11(9-4-6-13-7-9)14-10(15-8)3-2-5-12/h9,13H,2-7,12H2,1H3. The number of nitrogens with two attached hydrogens (primary N) is 1. The summed E-state index contributed by atoms with van der Waals surface area (Å²) in [6, 6.07) is 0. The lowest BCUT2D eigenvalue weighted by Crippen LogP contribution is -2.08. The van der Waals surface area contributed by atoms with Gasteiger partial charge in [-0.15, -0.1) is 11.3 Å². The number of hydrogen-bond acceptors (Lipinski definition) is 4. The molecule has 2 heterocycles. The van der Waals surface area contributed by atoms with Gasteiger partial charge in [-0.25, -0.2) is 4.98 Å². The van der Waals surface area contributed by atoms with Crippen molar-refractivity contribution in [3.05, 3.63) is 15.6 Å². The van der Waals surface area contributed by atoms with Crippen molar-refractivity contribution >= 4 is 11.3 Å². The van der Waals surface area contributed by atoms with Gasteiger partial charge in [0.2, 0.25) is 0 Å². The van der Waals surface area contributed by atoms with Crippen LogP contribution in [0, 0.1) is 6.92 Å². The monoisotopic (exact) mass is 225 g/mol. The summed E-state index contributed by atoms with van der Waals surface area (Å²) < 4.78 is 0. The number of hydrogen-bond donors (Lipinski definition) is 2. The lowest BCUT2D eigenvalue weighted by molar-refractivity contribution is 0.726. The lowest BCUT2D eigenvalue weighted by atomic mass is 10.0. The average Bonchev–Trinajstić information content (AvgIpc) is 2.83. The molecule has 3 N–H and O–H groups in total. The summed E-state index contributed by atoms with van der Waals surface area (Å²) >= 11 is 1.85. The van der Waals surface area contributed by atoms with Crippen LogP contribution in [0.4, 0.5) is 0 Å². The fourth-order valence-corrected chi connectivity index (χ4v) is 3.15. The summed E-state index contributed by atoms with van der Waals surface area (Å²) in [4.78, 5) is 6.15. The molecule has 1 unspecified atom stereocenters. The molecule has 0 saturated carbocycles. The fraction of sp³-hybridized carbons (Fsp3) is 0.727. The minimum atomic E-state index is 0.646. The van der Waals surface area contributed by atoms with Crippen LogP contribution in [-0.4, -0.2) is 24.6 Å². The van der Waals surface area contributed by atoms with Gasteiger partial charge in [-0.05, 0) is 32.9 Å². The highest BCUT2D eigenvalue weighted by molar-refractivity contribution is 7.11. The molecule has 1 saturated heterocycles. The van der Waals surface area contributed by atoms with Crippen molar-refractivity contribution < 1.29 is 0 Å². The summed E-state index contributed by atoms with van der Waals surface area (Å²) in [6.45, 7) is 5.19. The molecule has 0 radical (unpaired) electrons. The van der Waals surface area contributed by atoms with Crippen LogP contribution in [0.3, 0.4) is 0 Å². The molecule has 1 aromatic heterocycles. The van der Waals surface area contributed by atoms with Crippen LogP contribution in [-0.2, 0) is 6.42 Å². The lowest BCUT2D eigenvalue weighted by Gasteiger charge is -2.04. The molecule has 84 valence electrons. The largest absolute Gasteiger partial charge is 0.330 e. The first kappa shape index (κ1) is 11.0. The Labute approximate surface area is 95.1 Å². The predicted octanol–water partition coefficient (Wildman–Crippen LogP) is 1.42. The summed E-state index contributed by atoms with van der Waals surface area (Å²) in [6.07, 6.45) is 3.33. The number of rotatable bonds is 4. The minimum absolute atomic E-state index is 0.646. The van der Waals surface area contributed by atoms with E-state index in [1.165, 1.54) is 22.0 Å². The van der Waals surface area contributed by atoms with Crippen LogP contribution in [0.5, 0.6) is 0 Å². The number of nitrogens with one attached hydrogen (secondary N) is 1. The molecule has 0 aromatic carbocycles. The Morgan fingerprint density at radius 1 is 1.60 bits per heavy atom. The maximum atomic E-state index is 5.51. The van der Waals surface area contributed by atoms with E-state index in [0.29, 0.717) is 5.92 Å². The normalized spacial score (nSPS) is 21.1. The van der Waals surface area contributed by atoms with E-state index in [4.69, 9.17) is 10.7 Å². The van der Waals surface area contributed by atoms with Crippen molar-refractivity contribution in [1.29, 1.82) is 0 Å². The summed E-state index contributed by atoms with van der Waals surface area (Å²) in [5, 5.41) is 4.66. The SMILES string of the molecule is Cc1sc(CCCN)nc1C1CCNC1. The summed E-state index contributed by atoms with van der Waals surface area (Å²) in [7, 11) is 0. The molecule has 4 heteroatoms. The van der Waals surface area contributed by atoms with E-state index in [0.717, 1.165) is 32.5 Å². The van der Waals surface area contributed by atoms with Crippen molar-refractivity contribution in [2.24, 2.45) is 5.73 Å². The Morgan fingerprint density at radius 2 is 2.47 bits per heavy atom. The molecule has 0 bridgehead atoms. The highest BCUT2D eigenvalue weighted by Gasteiger charge is 2.21. The number of aryl methyl sites for hydroxylation is 2. The van der Waals surface area contributed by atoms with Gasteiger partial charge in [-0.1, -0.05) is 0 Å². The zero-order chi connectivity index (χ0) is 10.7. The van der Waals surface area contributed by atoms with Gasteiger partial charge in [0.1, 0.15) is 0 Å². The van der Waals surface area contributed by atoms with E-state index in [1.54, 1.807) is 0 Å². The van der Waals surface area contributed by atoms with Gasteiger partial charge in [-0.2, -0.15) is 0 Å². The second-order valence-electron chi connectivity index (χ2n) is 4.13. The van der Waals surface area contributed by atoms with Crippen molar-refractivity contribution in [3.8, 4) is 0 Å². The highest BCUT2D eigenvalue weighted by Crippen LogP contribution is 2.28. The van der Waals surface area contributed by atoms with Gasteiger partial charge >= 0.3 is 0 Å². The molecule has 1 aromatic rings. The fourth-order valence-electron chi connectivity index (χ4n) is 2.09. The minimum Gasteiger partial charge on any atom is -0.330 e. The Kier molecular flexibility index (Phi) is 3.72. The molecule has 0 aliphatic carbocycles. The van der Waals surface area contributed by atoms with Crippen molar-refractivity contribution in [2.45, 2.75) is 32.1 Å². The molecular weight excluding hydrogens is 206 g/mol. The van der Waals surface area contributed by atoms with Gasteiger partial charge < -0.3 is 11.1 Å². The first-order chi connectivity index (χ1) is 7.31.